The van der Waals surface area contributed by atoms with Crippen molar-refractivity contribution in [3.63, 3.8) is 0 Å². The zero-order valence-electron chi connectivity index (χ0n) is 9.04. The molecule has 0 unspecified atom stereocenters. The minimum Gasteiger partial charge on any atom is -0.386 e. The predicted molar refractivity (Wildman–Crippen MR) is 61.5 cm³/mol. The number of nitrogens with one attached hydrogen (secondary N) is 1. The van der Waals surface area contributed by atoms with Gasteiger partial charge in [-0.25, -0.2) is 0 Å². The van der Waals surface area contributed by atoms with Gasteiger partial charge in [0.15, 0.2) is 0 Å². The van der Waals surface area contributed by atoms with Crippen molar-refractivity contribution in [2.75, 3.05) is 0 Å². The molecule has 0 spiro atoms. The van der Waals surface area contributed by atoms with E-state index in [1.165, 1.54) is 0 Å². The lowest BCUT2D eigenvalue weighted by molar-refractivity contribution is 0.472. The molecule has 0 aliphatic carbocycles. The third-order valence-corrected chi connectivity index (χ3v) is 1.64. The molecule has 0 saturated heterocycles. The van der Waals surface area contributed by atoms with Crippen LogP contribution in [0.3, 0.4) is 0 Å². The van der Waals surface area contributed by atoms with Crippen LogP contribution < -0.4 is 11.1 Å². The van der Waals surface area contributed by atoms with Crippen molar-refractivity contribution in [2.24, 2.45) is 5.73 Å². The Morgan fingerprint density at radius 3 is 2.29 bits per heavy atom. The predicted octanol–water partition coefficient (Wildman–Crippen LogP) is 2.33. The van der Waals surface area contributed by atoms with E-state index >= 15 is 0 Å². The number of nitrogens with two attached hydrogens (primary N) is 1. The van der Waals surface area contributed by atoms with E-state index in [1.807, 2.05) is 36.4 Å². The summed E-state index contributed by atoms with van der Waals surface area (Å²) in [6.45, 7) is 6.25. The van der Waals surface area contributed by atoms with Crippen LogP contribution in [0, 0.1) is 0 Å². The summed E-state index contributed by atoms with van der Waals surface area (Å²) in [6.07, 6.45) is 1.94. The molecule has 0 atom stereocenters. The van der Waals surface area contributed by atoms with Crippen molar-refractivity contribution in [1.29, 1.82) is 0 Å². The normalized spacial score (nSPS) is 12.6. The van der Waals surface area contributed by atoms with Gasteiger partial charge in [0.05, 0.1) is 5.82 Å². The van der Waals surface area contributed by atoms with Crippen molar-refractivity contribution in [2.45, 2.75) is 26.3 Å². The summed E-state index contributed by atoms with van der Waals surface area (Å²) >= 11 is 0. The van der Waals surface area contributed by atoms with Crippen LogP contribution >= 0.6 is 0 Å². The summed E-state index contributed by atoms with van der Waals surface area (Å²) in [5, 5.41) is 3.21. The van der Waals surface area contributed by atoms with Gasteiger partial charge in [0.25, 0.3) is 0 Å². The zero-order valence-corrected chi connectivity index (χ0v) is 9.04. The van der Waals surface area contributed by atoms with E-state index in [2.05, 4.69) is 26.1 Å². The van der Waals surface area contributed by atoms with Gasteiger partial charge in [0.1, 0.15) is 0 Å². The fourth-order valence-corrected chi connectivity index (χ4v) is 1.20. The van der Waals surface area contributed by atoms with Gasteiger partial charge >= 0.3 is 0 Å². The monoisotopic (exact) mass is 190 g/mol. The highest BCUT2D eigenvalue weighted by Crippen LogP contribution is 2.05. The molecule has 0 aliphatic heterocycles. The maximum atomic E-state index is 5.84. The van der Waals surface area contributed by atoms with Crippen molar-refractivity contribution in [3.8, 4) is 0 Å². The van der Waals surface area contributed by atoms with Gasteiger partial charge < -0.3 is 11.1 Å². The molecule has 14 heavy (non-hydrogen) atoms. The molecule has 0 aliphatic rings. The SMILES string of the molecule is CC(C)(C)N/C(N)=C/c1ccccc1. The Bertz CT molecular complexity index is 307. The van der Waals surface area contributed by atoms with Crippen LogP contribution in [0.5, 0.6) is 0 Å². The third-order valence-electron chi connectivity index (χ3n) is 1.64. The second-order valence-electron chi connectivity index (χ2n) is 4.39. The quantitative estimate of drug-likeness (QED) is 0.751. The topological polar surface area (TPSA) is 38.0 Å². The Labute approximate surface area is 85.8 Å². The standard InChI is InChI=1S/C12H18N2/c1-12(2,3)14-11(13)9-10-7-5-4-6-8-10/h4-9,14H,13H2,1-3H3/b11-9+. The van der Waals surface area contributed by atoms with Crippen LogP contribution in [0.4, 0.5) is 0 Å². The average molecular weight is 190 g/mol. The molecular weight excluding hydrogens is 172 g/mol. The Hall–Kier alpha value is -1.44. The lowest BCUT2D eigenvalue weighted by Crippen LogP contribution is -2.37. The maximum absolute atomic E-state index is 5.84. The number of hydrogen-bond acceptors (Lipinski definition) is 2. The van der Waals surface area contributed by atoms with Crippen LogP contribution in [0.25, 0.3) is 6.08 Å². The van der Waals surface area contributed by atoms with E-state index < -0.39 is 0 Å². The van der Waals surface area contributed by atoms with Crippen LogP contribution in [0.15, 0.2) is 36.2 Å². The zero-order chi connectivity index (χ0) is 10.6. The fraction of sp³-hybridized carbons (Fsp3) is 0.333. The number of benzene rings is 1. The van der Waals surface area contributed by atoms with Crippen LogP contribution in [0.1, 0.15) is 26.3 Å². The van der Waals surface area contributed by atoms with Gasteiger partial charge in [-0.3, -0.25) is 0 Å². The molecule has 3 N–H and O–H groups in total. The van der Waals surface area contributed by atoms with E-state index in [0.717, 1.165) is 5.56 Å². The van der Waals surface area contributed by atoms with Crippen LogP contribution in [-0.2, 0) is 0 Å². The molecule has 1 rings (SSSR count). The molecule has 1 aromatic rings. The van der Waals surface area contributed by atoms with E-state index in [-0.39, 0.29) is 5.54 Å². The van der Waals surface area contributed by atoms with Crippen molar-refractivity contribution >= 4 is 6.08 Å². The molecule has 2 heteroatoms. The molecule has 76 valence electrons. The van der Waals surface area contributed by atoms with Gasteiger partial charge in [0, 0.05) is 5.54 Å². The molecule has 1 aromatic carbocycles. The van der Waals surface area contributed by atoms with E-state index in [1.54, 1.807) is 0 Å². The summed E-state index contributed by atoms with van der Waals surface area (Å²) in [7, 11) is 0. The van der Waals surface area contributed by atoms with Crippen LogP contribution in [0.2, 0.25) is 0 Å². The molecule has 0 saturated carbocycles. The lowest BCUT2D eigenvalue weighted by Gasteiger charge is -2.22. The smallest absolute Gasteiger partial charge is 0.0970 e. The van der Waals surface area contributed by atoms with Crippen LogP contribution in [-0.4, -0.2) is 5.54 Å². The largest absolute Gasteiger partial charge is 0.386 e. The van der Waals surface area contributed by atoms with Gasteiger partial charge in [0.2, 0.25) is 0 Å². The first-order valence-corrected chi connectivity index (χ1v) is 4.78. The summed E-state index contributed by atoms with van der Waals surface area (Å²) in [5.74, 6) is 0.698. The van der Waals surface area contributed by atoms with E-state index in [0.29, 0.717) is 5.82 Å². The van der Waals surface area contributed by atoms with Gasteiger partial charge in [-0.2, -0.15) is 0 Å². The molecule has 0 fully saturated rings. The average Bonchev–Trinajstić information content (AvgIpc) is 2.02. The molecule has 0 radical (unpaired) electrons. The van der Waals surface area contributed by atoms with E-state index in [9.17, 15) is 0 Å². The fourth-order valence-electron chi connectivity index (χ4n) is 1.20. The first-order chi connectivity index (χ1) is 6.47. The minimum absolute atomic E-state index is 0.00929. The van der Waals surface area contributed by atoms with E-state index in [4.69, 9.17) is 5.73 Å². The lowest BCUT2D eigenvalue weighted by atomic mass is 10.1. The number of rotatable bonds is 2. The summed E-state index contributed by atoms with van der Waals surface area (Å²) < 4.78 is 0. The second kappa shape index (κ2) is 4.18. The summed E-state index contributed by atoms with van der Waals surface area (Å²) in [5.41, 5.74) is 6.96. The second-order valence-corrected chi connectivity index (χ2v) is 4.39. The first-order valence-electron chi connectivity index (χ1n) is 4.78. The summed E-state index contributed by atoms with van der Waals surface area (Å²) in [6, 6.07) is 10.0. The Morgan fingerprint density at radius 2 is 1.79 bits per heavy atom. The van der Waals surface area contributed by atoms with Gasteiger partial charge in [-0.05, 0) is 32.4 Å². The van der Waals surface area contributed by atoms with Crippen molar-refractivity contribution < 1.29 is 0 Å². The molecule has 0 heterocycles. The molecular formula is C12H18N2. The number of hydrogen-bond donors (Lipinski definition) is 2. The Morgan fingerprint density at radius 1 is 1.21 bits per heavy atom. The molecule has 0 amide bonds. The third kappa shape index (κ3) is 3.99. The highest BCUT2D eigenvalue weighted by molar-refractivity contribution is 5.51. The maximum Gasteiger partial charge on any atom is 0.0970 e. The first kappa shape index (κ1) is 10.6. The molecule has 2 nitrogen and oxygen atoms in total. The summed E-state index contributed by atoms with van der Waals surface area (Å²) in [4.78, 5) is 0. The Balaban J connectivity index is 2.70. The highest BCUT2D eigenvalue weighted by Gasteiger charge is 2.08. The minimum atomic E-state index is 0.00929. The van der Waals surface area contributed by atoms with Gasteiger partial charge in [-0.1, -0.05) is 30.3 Å². The van der Waals surface area contributed by atoms with Gasteiger partial charge in [-0.15, -0.1) is 0 Å². The highest BCUT2D eigenvalue weighted by atomic mass is 15.0. The molecule has 0 aromatic heterocycles. The van der Waals surface area contributed by atoms with Crippen molar-refractivity contribution in [1.82, 2.24) is 5.32 Å². The van der Waals surface area contributed by atoms with Crippen molar-refractivity contribution in [3.05, 3.63) is 41.7 Å². The molecule has 0 bridgehead atoms. The Kier molecular flexibility index (Phi) is 3.18.